The number of esters is 1. The minimum atomic E-state index is -0.455. The summed E-state index contributed by atoms with van der Waals surface area (Å²) >= 11 is 1.34. The van der Waals surface area contributed by atoms with Crippen molar-refractivity contribution in [3.63, 3.8) is 0 Å². The van der Waals surface area contributed by atoms with Gasteiger partial charge in [-0.25, -0.2) is 0 Å². The van der Waals surface area contributed by atoms with Crippen LogP contribution >= 0.6 is 11.8 Å². The molecule has 0 aliphatic rings. The molecule has 0 aromatic carbocycles. The SMILES string of the molecule is CC(C)C(=O)NCCSC(C=O)CC(=O)N(C)CCOC(=O)C(C)C. The normalized spacial score (nSPS) is 12.0. The molecule has 2 amide bonds. The molecule has 8 heteroatoms. The summed E-state index contributed by atoms with van der Waals surface area (Å²) < 4.78 is 5.03. The van der Waals surface area contributed by atoms with Crippen molar-refractivity contribution in [3.05, 3.63) is 0 Å². The topological polar surface area (TPSA) is 92.8 Å². The molecule has 0 spiro atoms. The Morgan fingerprint density at radius 2 is 1.80 bits per heavy atom. The summed E-state index contributed by atoms with van der Waals surface area (Å²) in [4.78, 5) is 47.5. The van der Waals surface area contributed by atoms with Gasteiger partial charge in [0.05, 0.1) is 17.7 Å². The summed E-state index contributed by atoms with van der Waals surface area (Å²) in [5.41, 5.74) is 0. The zero-order valence-corrected chi connectivity index (χ0v) is 16.6. The van der Waals surface area contributed by atoms with Crippen molar-refractivity contribution >= 4 is 35.8 Å². The van der Waals surface area contributed by atoms with Crippen molar-refractivity contribution in [1.29, 1.82) is 0 Å². The predicted octanol–water partition coefficient (Wildman–Crippen LogP) is 1.11. The Hall–Kier alpha value is -1.57. The fourth-order valence-corrected chi connectivity index (χ4v) is 2.50. The van der Waals surface area contributed by atoms with Gasteiger partial charge in [-0.15, -0.1) is 11.8 Å². The van der Waals surface area contributed by atoms with E-state index in [-0.39, 0.29) is 49.2 Å². The van der Waals surface area contributed by atoms with Gasteiger partial charge in [0.15, 0.2) is 0 Å². The second-order valence-electron chi connectivity index (χ2n) is 6.33. The molecule has 0 rings (SSSR count). The smallest absolute Gasteiger partial charge is 0.308 e. The van der Waals surface area contributed by atoms with Crippen molar-refractivity contribution in [3.8, 4) is 0 Å². The lowest BCUT2D eigenvalue weighted by Crippen LogP contribution is -2.33. The number of hydrogen-bond acceptors (Lipinski definition) is 6. The highest BCUT2D eigenvalue weighted by Gasteiger charge is 2.17. The molecule has 0 aliphatic carbocycles. The molecule has 0 radical (unpaired) electrons. The maximum Gasteiger partial charge on any atom is 0.308 e. The molecule has 0 aromatic heterocycles. The summed E-state index contributed by atoms with van der Waals surface area (Å²) in [7, 11) is 1.61. The van der Waals surface area contributed by atoms with Crippen molar-refractivity contribution < 1.29 is 23.9 Å². The summed E-state index contributed by atoms with van der Waals surface area (Å²) in [6.07, 6.45) is 0.834. The first-order valence-electron chi connectivity index (χ1n) is 8.44. The average molecular weight is 375 g/mol. The van der Waals surface area contributed by atoms with E-state index in [4.69, 9.17) is 4.74 Å². The van der Waals surface area contributed by atoms with Crippen LogP contribution in [0.3, 0.4) is 0 Å². The highest BCUT2D eigenvalue weighted by Crippen LogP contribution is 2.13. The van der Waals surface area contributed by atoms with Crippen molar-refractivity contribution in [2.45, 2.75) is 39.4 Å². The minimum absolute atomic E-state index is 0.0324. The Labute approximate surface area is 154 Å². The van der Waals surface area contributed by atoms with Crippen LogP contribution in [0, 0.1) is 11.8 Å². The van der Waals surface area contributed by atoms with Gasteiger partial charge < -0.3 is 19.7 Å². The van der Waals surface area contributed by atoms with E-state index < -0.39 is 5.25 Å². The number of likely N-dealkylation sites (N-methyl/N-ethyl adjacent to an activating group) is 1. The molecule has 0 saturated heterocycles. The number of carbonyl (C=O) groups excluding carboxylic acids is 4. The first-order valence-corrected chi connectivity index (χ1v) is 9.49. The highest BCUT2D eigenvalue weighted by molar-refractivity contribution is 8.00. The first-order chi connectivity index (χ1) is 11.7. The molecule has 0 fully saturated rings. The number of hydrogen-bond donors (Lipinski definition) is 1. The van der Waals surface area contributed by atoms with E-state index in [0.717, 1.165) is 6.29 Å². The first kappa shape index (κ1) is 23.4. The lowest BCUT2D eigenvalue weighted by molar-refractivity contribution is -0.148. The Kier molecular flexibility index (Phi) is 11.9. The molecule has 0 aromatic rings. The summed E-state index contributed by atoms with van der Waals surface area (Å²) in [6, 6.07) is 0. The molecule has 0 heterocycles. The molecule has 0 saturated carbocycles. The van der Waals surface area contributed by atoms with Crippen LogP contribution in [0.5, 0.6) is 0 Å². The van der Waals surface area contributed by atoms with Gasteiger partial charge in [-0.3, -0.25) is 14.4 Å². The number of aldehydes is 1. The number of nitrogens with one attached hydrogen (secondary N) is 1. The van der Waals surface area contributed by atoms with Gasteiger partial charge in [0.2, 0.25) is 11.8 Å². The van der Waals surface area contributed by atoms with Crippen LogP contribution in [0.1, 0.15) is 34.1 Å². The quantitative estimate of drug-likeness (QED) is 0.312. The highest BCUT2D eigenvalue weighted by atomic mass is 32.2. The molecule has 1 atom stereocenters. The fraction of sp³-hybridized carbons (Fsp3) is 0.765. The van der Waals surface area contributed by atoms with E-state index in [1.54, 1.807) is 20.9 Å². The largest absolute Gasteiger partial charge is 0.464 e. The third-order valence-electron chi connectivity index (χ3n) is 3.35. The molecule has 144 valence electrons. The van der Waals surface area contributed by atoms with Gasteiger partial charge in [-0.2, -0.15) is 0 Å². The van der Waals surface area contributed by atoms with E-state index in [2.05, 4.69) is 5.32 Å². The summed E-state index contributed by atoms with van der Waals surface area (Å²) in [5, 5.41) is 2.31. The van der Waals surface area contributed by atoms with E-state index in [9.17, 15) is 19.2 Å². The number of ether oxygens (including phenoxy) is 1. The summed E-state index contributed by atoms with van der Waals surface area (Å²) in [5.74, 6) is -0.234. The molecule has 1 N–H and O–H groups in total. The second-order valence-corrected chi connectivity index (χ2v) is 7.68. The fourth-order valence-electron chi connectivity index (χ4n) is 1.64. The van der Waals surface area contributed by atoms with Crippen LogP contribution in [0.4, 0.5) is 0 Å². The van der Waals surface area contributed by atoms with Gasteiger partial charge in [0.25, 0.3) is 0 Å². The van der Waals surface area contributed by atoms with E-state index >= 15 is 0 Å². The number of rotatable bonds is 12. The van der Waals surface area contributed by atoms with Crippen LogP contribution < -0.4 is 5.32 Å². The van der Waals surface area contributed by atoms with Crippen molar-refractivity contribution in [1.82, 2.24) is 10.2 Å². The standard InChI is InChI=1S/C17H30N2O5S/c1-12(2)16(22)18-6-9-25-14(11-20)10-15(21)19(5)7-8-24-17(23)13(3)4/h11-14H,6-10H2,1-5H3,(H,18,22). The molecule has 1 unspecified atom stereocenters. The molecule has 7 nitrogen and oxygen atoms in total. The van der Waals surface area contributed by atoms with Gasteiger partial charge in [0, 0.05) is 31.7 Å². The Morgan fingerprint density at radius 1 is 1.16 bits per heavy atom. The zero-order valence-electron chi connectivity index (χ0n) is 15.7. The maximum absolute atomic E-state index is 12.1. The third kappa shape index (κ3) is 10.8. The van der Waals surface area contributed by atoms with Gasteiger partial charge in [-0.1, -0.05) is 27.7 Å². The molecule has 25 heavy (non-hydrogen) atoms. The van der Waals surface area contributed by atoms with Crippen LogP contribution in [0.15, 0.2) is 0 Å². The number of thioether (sulfide) groups is 1. The van der Waals surface area contributed by atoms with Crippen LogP contribution in [0.2, 0.25) is 0 Å². The predicted molar refractivity (Wildman–Crippen MR) is 98.2 cm³/mol. The van der Waals surface area contributed by atoms with Gasteiger partial charge in [0.1, 0.15) is 12.9 Å². The molecular formula is C17H30N2O5S. The Balaban J connectivity index is 4.07. The van der Waals surface area contributed by atoms with E-state index in [1.165, 1.54) is 16.7 Å². The third-order valence-corrected chi connectivity index (χ3v) is 4.50. The van der Waals surface area contributed by atoms with Crippen LogP contribution in [0.25, 0.3) is 0 Å². The molecule has 0 bridgehead atoms. The molecule has 0 aliphatic heterocycles. The van der Waals surface area contributed by atoms with Gasteiger partial charge in [-0.05, 0) is 0 Å². The zero-order chi connectivity index (χ0) is 19.4. The maximum atomic E-state index is 12.1. The van der Waals surface area contributed by atoms with E-state index in [0.29, 0.717) is 12.3 Å². The minimum Gasteiger partial charge on any atom is -0.464 e. The van der Waals surface area contributed by atoms with Crippen LogP contribution in [-0.4, -0.2) is 66.7 Å². The lowest BCUT2D eigenvalue weighted by atomic mass is 10.2. The monoisotopic (exact) mass is 374 g/mol. The van der Waals surface area contributed by atoms with Crippen LogP contribution in [-0.2, 0) is 23.9 Å². The number of carbonyl (C=O) groups is 4. The summed E-state index contributed by atoms with van der Waals surface area (Å²) in [6.45, 7) is 7.99. The van der Waals surface area contributed by atoms with Crippen molar-refractivity contribution in [2.75, 3.05) is 32.5 Å². The number of amides is 2. The lowest BCUT2D eigenvalue weighted by Gasteiger charge is -2.19. The Bertz CT molecular complexity index is 454. The molecular weight excluding hydrogens is 344 g/mol. The van der Waals surface area contributed by atoms with Gasteiger partial charge >= 0.3 is 5.97 Å². The van der Waals surface area contributed by atoms with Crippen molar-refractivity contribution in [2.24, 2.45) is 11.8 Å². The Morgan fingerprint density at radius 3 is 2.32 bits per heavy atom. The second kappa shape index (κ2) is 12.7. The number of nitrogens with zero attached hydrogens (tertiary/aromatic N) is 1. The average Bonchev–Trinajstić information content (AvgIpc) is 2.56. The van der Waals surface area contributed by atoms with E-state index in [1.807, 2.05) is 13.8 Å².